The predicted molar refractivity (Wildman–Crippen MR) is 80.7 cm³/mol. The van der Waals surface area contributed by atoms with Crippen LogP contribution in [0.25, 0.3) is 0 Å². The third-order valence-corrected chi connectivity index (χ3v) is 3.17. The number of aromatic amines is 1. The Morgan fingerprint density at radius 1 is 1.21 bits per heavy atom. The molecule has 0 bridgehead atoms. The van der Waals surface area contributed by atoms with Gasteiger partial charge in [0.05, 0.1) is 0 Å². The van der Waals surface area contributed by atoms with Gasteiger partial charge in [-0.3, -0.25) is 9.59 Å². The number of amides is 1. The van der Waals surface area contributed by atoms with E-state index >= 15 is 0 Å². The number of aromatic nitrogens is 1. The second kappa shape index (κ2) is 7.03. The van der Waals surface area contributed by atoms with Gasteiger partial charge in [0.2, 0.25) is 0 Å². The molecule has 2 N–H and O–H groups in total. The molecule has 1 amide bonds. The van der Waals surface area contributed by atoms with Gasteiger partial charge in [-0.05, 0) is 32.0 Å². The first-order valence-electron chi connectivity index (χ1n) is 6.94. The standard InChI is InChI=1S/C16H14F2N2O4/c1-8(21)10-6-13(19-7-10)16(23)24-9(2)15(22)20-14-11(17)4-3-5-12(14)18/h3-7,9,19H,1-2H3,(H,20,22)/t9-/m1/s1. The number of carbonyl (C=O) groups excluding carboxylic acids is 3. The highest BCUT2D eigenvalue weighted by atomic mass is 19.1. The van der Waals surface area contributed by atoms with Gasteiger partial charge in [-0.1, -0.05) is 6.07 Å². The van der Waals surface area contributed by atoms with Crippen molar-refractivity contribution in [1.29, 1.82) is 0 Å². The zero-order valence-corrected chi connectivity index (χ0v) is 12.9. The van der Waals surface area contributed by atoms with Gasteiger partial charge in [-0.25, -0.2) is 13.6 Å². The number of hydrogen-bond acceptors (Lipinski definition) is 4. The Bertz CT molecular complexity index is 781. The SMILES string of the molecule is CC(=O)c1c[nH]c(C(=O)O[C@H](C)C(=O)Nc2c(F)cccc2F)c1. The maximum Gasteiger partial charge on any atom is 0.355 e. The number of rotatable bonds is 5. The van der Waals surface area contributed by atoms with Crippen LogP contribution < -0.4 is 5.32 Å². The molecule has 0 radical (unpaired) electrons. The molecule has 0 aliphatic heterocycles. The monoisotopic (exact) mass is 336 g/mol. The summed E-state index contributed by atoms with van der Waals surface area (Å²) in [5, 5.41) is 2.03. The van der Waals surface area contributed by atoms with Gasteiger partial charge in [0.1, 0.15) is 23.0 Å². The van der Waals surface area contributed by atoms with Crippen LogP contribution in [0.3, 0.4) is 0 Å². The van der Waals surface area contributed by atoms with E-state index in [0.29, 0.717) is 0 Å². The van der Waals surface area contributed by atoms with E-state index in [1.165, 1.54) is 26.1 Å². The van der Waals surface area contributed by atoms with E-state index in [4.69, 9.17) is 4.74 Å². The highest BCUT2D eigenvalue weighted by Crippen LogP contribution is 2.18. The average molecular weight is 336 g/mol. The fraction of sp³-hybridized carbons (Fsp3) is 0.188. The number of H-pyrrole nitrogens is 1. The molecule has 1 aromatic carbocycles. The number of benzene rings is 1. The van der Waals surface area contributed by atoms with Gasteiger partial charge in [-0.15, -0.1) is 0 Å². The van der Waals surface area contributed by atoms with Gasteiger partial charge < -0.3 is 15.0 Å². The number of ether oxygens (including phenoxy) is 1. The Hall–Kier alpha value is -3.03. The van der Waals surface area contributed by atoms with Gasteiger partial charge >= 0.3 is 5.97 Å². The van der Waals surface area contributed by atoms with Crippen LogP contribution in [0.1, 0.15) is 34.7 Å². The lowest BCUT2D eigenvalue weighted by Gasteiger charge is -2.13. The van der Waals surface area contributed by atoms with Crippen molar-refractivity contribution in [3.63, 3.8) is 0 Å². The summed E-state index contributed by atoms with van der Waals surface area (Å²) in [5.74, 6) is -3.91. The van der Waals surface area contributed by atoms with Crippen molar-refractivity contribution in [2.45, 2.75) is 20.0 Å². The second-order valence-corrected chi connectivity index (χ2v) is 4.99. The largest absolute Gasteiger partial charge is 0.448 e. The molecule has 0 saturated heterocycles. The molecule has 0 spiro atoms. The van der Waals surface area contributed by atoms with E-state index in [1.807, 2.05) is 5.32 Å². The van der Waals surface area contributed by atoms with Crippen LogP contribution in [0.4, 0.5) is 14.5 Å². The fourth-order valence-corrected chi connectivity index (χ4v) is 1.84. The first-order valence-corrected chi connectivity index (χ1v) is 6.94. The molecule has 0 aliphatic carbocycles. The van der Waals surface area contributed by atoms with Crippen molar-refractivity contribution >= 4 is 23.3 Å². The number of Topliss-reactive ketones (excluding diaryl/α,β-unsaturated/α-hetero) is 1. The zero-order valence-electron chi connectivity index (χ0n) is 12.9. The molecule has 0 saturated carbocycles. The van der Waals surface area contributed by atoms with Crippen molar-refractivity contribution in [1.82, 2.24) is 4.98 Å². The van der Waals surface area contributed by atoms with Crippen molar-refractivity contribution in [2.24, 2.45) is 0 Å². The Morgan fingerprint density at radius 3 is 2.38 bits per heavy atom. The number of esters is 1. The molecule has 2 aromatic rings. The van der Waals surface area contributed by atoms with E-state index in [0.717, 1.165) is 18.2 Å². The first kappa shape index (κ1) is 17.3. The summed E-state index contributed by atoms with van der Waals surface area (Å²) in [5.41, 5.74) is -0.353. The number of carbonyl (C=O) groups is 3. The minimum absolute atomic E-state index is 0.0167. The van der Waals surface area contributed by atoms with Crippen LogP contribution in [0.15, 0.2) is 30.5 Å². The van der Waals surface area contributed by atoms with Crippen molar-refractivity contribution in [3.05, 3.63) is 53.4 Å². The Kier molecular flexibility index (Phi) is 5.08. The van der Waals surface area contributed by atoms with Gasteiger partial charge in [0.15, 0.2) is 11.9 Å². The van der Waals surface area contributed by atoms with Crippen LogP contribution >= 0.6 is 0 Å². The molecular weight excluding hydrogens is 322 g/mol. The topological polar surface area (TPSA) is 88.3 Å². The molecule has 0 unspecified atom stereocenters. The smallest absolute Gasteiger partial charge is 0.355 e. The van der Waals surface area contributed by atoms with Gasteiger partial charge in [0, 0.05) is 11.8 Å². The lowest BCUT2D eigenvalue weighted by atomic mass is 10.2. The summed E-state index contributed by atoms with van der Waals surface area (Å²) < 4.78 is 31.9. The molecule has 2 rings (SSSR count). The molecule has 8 heteroatoms. The molecule has 24 heavy (non-hydrogen) atoms. The highest BCUT2D eigenvalue weighted by Gasteiger charge is 2.22. The third-order valence-electron chi connectivity index (χ3n) is 3.17. The molecule has 1 atom stereocenters. The van der Waals surface area contributed by atoms with Crippen LogP contribution in [-0.2, 0) is 9.53 Å². The number of nitrogens with one attached hydrogen (secondary N) is 2. The summed E-state index contributed by atoms with van der Waals surface area (Å²) in [7, 11) is 0. The average Bonchev–Trinajstić information content (AvgIpc) is 3.01. The molecular formula is C16H14F2N2O4. The number of hydrogen-bond donors (Lipinski definition) is 2. The lowest BCUT2D eigenvalue weighted by Crippen LogP contribution is -2.30. The minimum atomic E-state index is -1.31. The Labute approximate surface area is 135 Å². The van der Waals surface area contributed by atoms with E-state index in [2.05, 4.69) is 4.98 Å². The van der Waals surface area contributed by atoms with E-state index in [-0.39, 0.29) is 17.0 Å². The fourth-order valence-electron chi connectivity index (χ4n) is 1.84. The summed E-state index contributed by atoms with van der Waals surface area (Å²) in [6.45, 7) is 2.58. The van der Waals surface area contributed by atoms with Crippen molar-refractivity contribution in [2.75, 3.05) is 5.32 Å². The van der Waals surface area contributed by atoms with Gasteiger partial charge in [-0.2, -0.15) is 0 Å². The zero-order chi connectivity index (χ0) is 17.9. The predicted octanol–water partition coefficient (Wildman–Crippen LogP) is 2.68. The minimum Gasteiger partial charge on any atom is -0.448 e. The second-order valence-electron chi connectivity index (χ2n) is 4.99. The summed E-state index contributed by atoms with van der Waals surface area (Å²) >= 11 is 0. The molecule has 1 heterocycles. The molecule has 6 nitrogen and oxygen atoms in total. The first-order chi connectivity index (χ1) is 11.3. The molecule has 0 aliphatic rings. The quantitative estimate of drug-likeness (QED) is 0.649. The third kappa shape index (κ3) is 3.83. The maximum absolute atomic E-state index is 13.5. The van der Waals surface area contributed by atoms with Crippen molar-refractivity contribution in [3.8, 4) is 0 Å². The van der Waals surface area contributed by atoms with Gasteiger partial charge in [0.25, 0.3) is 5.91 Å². The summed E-state index contributed by atoms with van der Waals surface area (Å²) in [6.07, 6.45) is 0.0267. The van der Waals surface area contributed by atoms with Crippen LogP contribution in [0.2, 0.25) is 0 Å². The van der Waals surface area contributed by atoms with Crippen LogP contribution in [0, 0.1) is 11.6 Å². The Balaban J connectivity index is 2.03. The van der Waals surface area contributed by atoms with E-state index in [1.54, 1.807) is 0 Å². The number of para-hydroxylation sites is 1. The maximum atomic E-state index is 13.5. The normalized spacial score (nSPS) is 11.7. The van der Waals surface area contributed by atoms with Crippen LogP contribution in [0.5, 0.6) is 0 Å². The van der Waals surface area contributed by atoms with Crippen LogP contribution in [-0.4, -0.2) is 28.7 Å². The number of anilines is 1. The summed E-state index contributed by atoms with van der Waals surface area (Å²) in [4.78, 5) is 37.5. The van der Waals surface area contributed by atoms with Crippen molar-refractivity contribution < 1.29 is 27.9 Å². The highest BCUT2D eigenvalue weighted by molar-refractivity contribution is 5.99. The van der Waals surface area contributed by atoms with E-state index < -0.39 is 35.3 Å². The number of ketones is 1. The molecule has 0 fully saturated rings. The molecule has 1 aromatic heterocycles. The lowest BCUT2D eigenvalue weighted by molar-refractivity contribution is -0.123. The molecule has 126 valence electrons. The summed E-state index contributed by atoms with van der Waals surface area (Å²) in [6, 6.07) is 4.41. The van der Waals surface area contributed by atoms with E-state index in [9.17, 15) is 23.2 Å². The number of halogens is 2. The Morgan fingerprint density at radius 2 is 1.83 bits per heavy atom.